The van der Waals surface area contributed by atoms with Crippen molar-refractivity contribution in [1.29, 1.82) is 0 Å². The molecule has 0 spiro atoms. The first-order valence-corrected chi connectivity index (χ1v) is 7.58. The quantitative estimate of drug-likeness (QED) is 0.919. The number of aromatic amines is 1. The lowest BCUT2D eigenvalue weighted by atomic mass is 10.0. The number of carbonyl (C=O) groups is 1. The highest BCUT2D eigenvalue weighted by Gasteiger charge is 2.18. The molecule has 4 heteroatoms. The lowest BCUT2D eigenvalue weighted by Gasteiger charge is -2.26. The molecule has 1 amide bonds. The molecule has 0 saturated carbocycles. The fourth-order valence-corrected chi connectivity index (χ4v) is 3.04. The number of likely N-dealkylation sites (tertiary alicyclic amines) is 1. The summed E-state index contributed by atoms with van der Waals surface area (Å²) < 4.78 is 0. The molecule has 4 nitrogen and oxygen atoms in total. The molecule has 1 fully saturated rings. The average Bonchev–Trinajstić information content (AvgIpc) is 2.87. The number of amides is 1. The van der Waals surface area contributed by atoms with Crippen molar-refractivity contribution < 1.29 is 4.79 Å². The maximum absolute atomic E-state index is 12.4. The summed E-state index contributed by atoms with van der Waals surface area (Å²) in [5.41, 5.74) is 5.06. The van der Waals surface area contributed by atoms with Gasteiger partial charge >= 0.3 is 0 Å². The molecule has 0 bridgehead atoms. The Balaban J connectivity index is 1.82. The molecule has 0 radical (unpaired) electrons. The molecule has 1 N–H and O–H groups in total. The number of aromatic nitrogens is 2. The van der Waals surface area contributed by atoms with Crippen LogP contribution in [-0.2, 0) is 0 Å². The first-order chi connectivity index (χ1) is 10.2. The van der Waals surface area contributed by atoms with Crippen molar-refractivity contribution in [3.05, 3.63) is 41.2 Å². The number of nitrogens with one attached hydrogen (secondary N) is 1. The summed E-state index contributed by atoms with van der Waals surface area (Å²) in [7, 11) is 0. The van der Waals surface area contributed by atoms with Crippen molar-refractivity contribution in [3.8, 4) is 11.1 Å². The van der Waals surface area contributed by atoms with Crippen LogP contribution in [0.15, 0.2) is 24.3 Å². The van der Waals surface area contributed by atoms with Crippen molar-refractivity contribution in [3.63, 3.8) is 0 Å². The van der Waals surface area contributed by atoms with Gasteiger partial charge in [-0.25, -0.2) is 0 Å². The fraction of sp³-hybridized carbons (Fsp3) is 0.412. The molecule has 1 saturated heterocycles. The molecule has 2 aromatic rings. The number of aryl methyl sites for hydroxylation is 2. The first-order valence-electron chi connectivity index (χ1n) is 7.58. The van der Waals surface area contributed by atoms with Gasteiger partial charge in [0.2, 0.25) is 0 Å². The molecule has 1 aromatic carbocycles. The second-order valence-electron chi connectivity index (χ2n) is 5.74. The predicted molar refractivity (Wildman–Crippen MR) is 83.3 cm³/mol. The van der Waals surface area contributed by atoms with Gasteiger partial charge in [0.05, 0.1) is 5.69 Å². The first kappa shape index (κ1) is 13.9. The van der Waals surface area contributed by atoms with Gasteiger partial charge < -0.3 is 4.90 Å². The molecule has 1 aliphatic heterocycles. The third-order valence-electron chi connectivity index (χ3n) is 4.19. The summed E-state index contributed by atoms with van der Waals surface area (Å²) in [5.74, 6) is 0.155. The van der Waals surface area contributed by atoms with Crippen LogP contribution in [0.5, 0.6) is 0 Å². The number of rotatable bonds is 2. The molecule has 21 heavy (non-hydrogen) atoms. The van der Waals surface area contributed by atoms with E-state index in [1.807, 2.05) is 43.0 Å². The van der Waals surface area contributed by atoms with E-state index in [0.717, 1.165) is 54.0 Å². The topological polar surface area (TPSA) is 49.0 Å². The van der Waals surface area contributed by atoms with Crippen LogP contribution >= 0.6 is 0 Å². The van der Waals surface area contributed by atoms with Crippen LogP contribution in [0.4, 0.5) is 0 Å². The summed E-state index contributed by atoms with van der Waals surface area (Å²) in [4.78, 5) is 14.4. The SMILES string of the molecule is Cc1n[nH]c(C)c1-c1ccc(C(=O)N2CCCCC2)cc1. The average molecular weight is 283 g/mol. The standard InChI is InChI=1S/C17H21N3O/c1-12-16(13(2)19-18-12)14-6-8-15(9-7-14)17(21)20-10-4-3-5-11-20/h6-9H,3-5,10-11H2,1-2H3,(H,18,19). The highest BCUT2D eigenvalue weighted by Crippen LogP contribution is 2.25. The molecule has 1 aliphatic rings. The number of nitrogens with zero attached hydrogens (tertiary/aromatic N) is 2. The van der Waals surface area contributed by atoms with Crippen molar-refractivity contribution in [2.45, 2.75) is 33.1 Å². The van der Waals surface area contributed by atoms with E-state index in [0.29, 0.717) is 0 Å². The number of H-pyrrole nitrogens is 1. The van der Waals surface area contributed by atoms with Crippen LogP contribution in [0.1, 0.15) is 41.0 Å². The summed E-state index contributed by atoms with van der Waals surface area (Å²) in [6, 6.07) is 7.89. The Hall–Kier alpha value is -2.10. The number of benzene rings is 1. The van der Waals surface area contributed by atoms with Crippen molar-refractivity contribution in [2.24, 2.45) is 0 Å². The van der Waals surface area contributed by atoms with E-state index < -0.39 is 0 Å². The number of carbonyl (C=O) groups excluding carboxylic acids is 1. The van der Waals surface area contributed by atoms with Gasteiger partial charge in [-0.05, 0) is 50.8 Å². The van der Waals surface area contributed by atoms with E-state index in [9.17, 15) is 4.79 Å². The van der Waals surface area contributed by atoms with E-state index in [-0.39, 0.29) is 5.91 Å². The predicted octanol–water partition coefficient (Wildman–Crippen LogP) is 3.32. The van der Waals surface area contributed by atoms with Crippen LogP contribution < -0.4 is 0 Å². The van der Waals surface area contributed by atoms with Crippen LogP contribution in [0, 0.1) is 13.8 Å². The normalized spacial score (nSPS) is 15.2. The van der Waals surface area contributed by atoms with Crippen molar-refractivity contribution in [1.82, 2.24) is 15.1 Å². The van der Waals surface area contributed by atoms with Crippen molar-refractivity contribution in [2.75, 3.05) is 13.1 Å². The smallest absolute Gasteiger partial charge is 0.253 e. The van der Waals surface area contributed by atoms with Gasteiger partial charge in [0, 0.05) is 29.9 Å². The Morgan fingerprint density at radius 3 is 2.33 bits per heavy atom. The highest BCUT2D eigenvalue weighted by atomic mass is 16.2. The molecule has 0 atom stereocenters. The van der Waals surface area contributed by atoms with Gasteiger partial charge in [0.25, 0.3) is 5.91 Å². The molecule has 3 rings (SSSR count). The molecule has 0 unspecified atom stereocenters. The number of piperidine rings is 1. The highest BCUT2D eigenvalue weighted by molar-refractivity contribution is 5.94. The largest absolute Gasteiger partial charge is 0.339 e. The Bertz CT molecular complexity index is 617. The Kier molecular flexibility index (Phi) is 3.78. The van der Waals surface area contributed by atoms with Crippen LogP contribution in [0.2, 0.25) is 0 Å². The minimum absolute atomic E-state index is 0.155. The van der Waals surface area contributed by atoms with Gasteiger partial charge in [0.15, 0.2) is 0 Å². The third-order valence-corrected chi connectivity index (χ3v) is 4.19. The molecule has 2 heterocycles. The Morgan fingerprint density at radius 2 is 1.76 bits per heavy atom. The van der Waals surface area contributed by atoms with Crippen LogP contribution in [0.25, 0.3) is 11.1 Å². The van der Waals surface area contributed by atoms with Crippen LogP contribution in [-0.4, -0.2) is 34.1 Å². The third kappa shape index (κ3) is 2.71. The maximum Gasteiger partial charge on any atom is 0.253 e. The fourth-order valence-electron chi connectivity index (χ4n) is 3.04. The van der Waals surface area contributed by atoms with E-state index >= 15 is 0 Å². The zero-order valence-corrected chi connectivity index (χ0v) is 12.6. The second-order valence-corrected chi connectivity index (χ2v) is 5.74. The van der Waals surface area contributed by atoms with Gasteiger partial charge in [-0.15, -0.1) is 0 Å². The molecule has 1 aromatic heterocycles. The second kappa shape index (κ2) is 5.72. The zero-order valence-electron chi connectivity index (χ0n) is 12.6. The van der Waals surface area contributed by atoms with Gasteiger partial charge in [-0.1, -0.05) is 12.1 Å². The zero-order chi connectivity index (χ0) is 14.8. The summed E-state index contributed by atoms with van der Waals surface area (Å²) >= 11 is 0. The summed E-state index contributed by atoms with van der Waals surface area (Å²) in [6.45, 7) is 5.79. The van der Waals surface area contributed by atoms with Crippen LogP contribution in [0.3, 0.4) is 0 Å². The minimum Gasteiger partial charge on any atom is -0.339 e. The number of hydrogen-bond acceptors (Lipinski definition) is 2. The van der Waals surface area contributed by atoms with Crippen molar-refractivity contribution >= 4 is 5.91 Å². The number of hydrogen-bond donors (Lipinski definition) is 1. The monoisotopic (exact) mass is 283 g/mol. The van der Waals surface area contributed by atoms with Gasteiger partial charge in [-0.3, -0.25) is 9.89 Å². The Morgan fingerprint density at radius 1 is 1.10 bits per heavy atom. The lowest BCUT2D eigenvalue weighted by Crippen LogP contribution is -2.35. The van der Waals surface area contributed by atoms with E-state index in [2.05, 4.69) is 10.2 Å². The van der Waals surface area contributed by atoms with Gasteiger partial charge in [0.1, 0.15) is 0 Å². The molecule has 0 aliphatic carbocycles. The van der Waals surface area contributed by atoms with Gasteiger partial charge in [-0.2, -0.15) is 5.10 Å². The summed E-state index contributed by atoms with van der Waals surface area (Å²) in [6.07, 6.45) is 3.48. The maximum atomic E-state index is 12.4. The minimum atomic E-state index is 0.155. The summed E-state index contributed by atoms with van der Waals surface area (Å²) in [5, 5.41) is 7.22. The van der Waals surface area contributed by atoms with E-state index in [4.69, 9.17) is 0 Å². The lowest BCUT2D eigenvalue weighted by molar-refractivity contribution is 0.0724. The Labute approximate surface area is 125 Å². The van der Waals surface area contributed by atoms with E-state index in [1.165, 1.54) is 6.42 Å². The molecule has 110 valence electrons. The molecular weight excluding hydrogens is 262 g/mol. The van der Waals surface area contributed by atoms with E-state index in [1.54, 1.807) is 0 Å². The molecular formula is C17H21N3O.